The molecular formula is C14H15N3O2S. The summed E-state index contributed by atoms with van der Waals surface area (Å²) in [6.45, 7) is 0.370. The molecule has 0 aromatic carbocycles. The van der Waals surface area contributed by atoms with Gasteiger partial charge in [0.25, 0.3) is 5.91 Å². The van der Waals surface area contributed by atoms with Crippen LogP contribution in [0.15, 0.2) is 24.4 Å². The molecule has 0 spiro atoms. The normalized spacial score (nSPS) is 9.90. The van der Waals surface area contributed by atoms with E-state index in [-0.39, 0.29) is 12.5 Å². The summed E-state index contributed by atoms with van der Waals surface area (Å²) in [7, 11) is 1.86. The van der Waals surface area contributed by atoms with Crippen molar-refractivity contribution in [2.24, 2.45) is 7.05 Å². The van der Waals surface area contributed by atoms with E-state index in [1.165, 1.54) is 11.3 Å². The largest absolute Gasteiger partial charge is 0.384 e. The Morgan fingerprint density at radius 3 is 3.05 bits per heavy atom. The van der Waals surface area contributed by atoms with Gasteiger partial charge in [0.2, 0.25) is 0 Å². The summed E-state index contributed by atoms with van der Waals surface area (Å²) >= 11 is 1.31. The van der Waals surface area contributed by atoms with Gasteiger partial charge in [0, 0.05) is 26.2 Å². The highest BCUT2D eigenvalue weighted by Gasteiger charge is 2.08. The van der Waals surface area contributed by atoms with Gasteiger partial charge in [-0.2, -0.15) is 5.10 Å². The number of aryl methyl sites for hydroxylation is 1. The Kier molecular flexibility index (Phi) is 4.93. The molecule has 0 saturated carbocycles. The van der Waals surface area contributed by atoms with Gasteiger partial charge < -0.3 is 10.4 Å². The Morgan fingerprint density at radius 2 is 2.35 bits per heavy atom. The molecule has 0 atom stereocenters. The number of carbonyl (C=O) groups excluding carboxylic acids is 1. The number of nitrogens with zero attached hydrogens (tertiary/aromatic N) is 2. The predicted molar refractivity (Wildman–Crippen MR) is 77.5 cm³/mol. The SMILES string of the molecule is Cn1ccc(CCNC(=O)c2ccc(C#CCO)s2)n1. The minimum absolute atomic E-state index is 0.108. The van der Waals surface area contributed by atoms with Gasteiger partial charge in [-0.3, -0.25) is 9.48 Å². The van der Waals surface area contributed by atoms with Crippen LogP contribution in [0.25, 0.3) is 0 Å². The smallest absolute Gasteiger partial charge is 0.261 e. The molecule has 0 aliphatic heterocycles. The van der Waals surface area contributed by atoms with Crippen molar-refractivity contribution in [3.8, 4) is 11.8 Å². The number of aliphatic hydroxyl groups is 1. The summed E-state index contributed by atoms with van der Waals surface area (Å²) in [5.41, 5.74) is 0.952. The molecular weight excluding hydrogens is 274 g/mol. The number of nitrogens with one attached hydrogen (secondary N) is 1. The molecule has 1 amide bonds. The van der Waals surface area contributed by atoms with Crippen LogP contribution in [0.5, 0.6) is 0 Å². The second kappa shape index (κ2) is 6.89. The van der Waals surface area contributed by atoms with Crippen molar-refractivity contribution >= 4 is 17.2 Å². The fraction of sp³-hybridized carbons (Fsp3) is 0.286. The molecule has 2 aromatic heterocycles. The summed E-state index contributed by atoms with van der Waals surface area (Å²) in [6.07, 6.45) is 2.58. The number of amides is 1. The molecule has 6 heteroatoms. The van der Waals surface area contributed by atoms with E-state index < -0.39 is 0 Å². The molecule has 0 bridgehead atoms. The van der Waals surface area contributed by atoms with Gasteiger partial charge in [0.15, 0.2) is 0 Å². The van der Waals surface area contributed by atoms with Crippen LogP contribution in [0.2, 0.25) is 0 Å². The number of rotatable bonds is 4. The first-order valence-electron chi connectivity index (χ1n) is 6.15. The molecule has 2 heterocycles. The number of hydrogen-bond donors (Lipinski definition) is 2. The van der Waals surface area contributed by atoms with E-state index in [4.69, 9.17) is 5.11 Å². The van der Waals surface area contributed by atoms with E-state index in [0.29, 0.717) is 17.8 Å². The molecule has 0 aliphatic carbocycles. The summed E-state index contributed by atoms with van der Waals surface area (Å²) in [4.78, 5) is 13.3. The lowest BCUT2D eigenvalue weighted by Gasteiger charge is -2.01. The highest BCUT2D eigenvalue weighted by molar-refractivity contribution is 7.14. The lowest BCUT2D eigenvalue weighted by atomic mass is 10.3. The van der Waals surface area contributed by atoms with E-state index in [0.717, 1.165) is 10.6 Å². The topological polar surface area (TPSA) is 67.2 Å². The molecule has 0 aliphatic rings. The molecule has 0 saturated heterocycles. The van der Waals surface area contributed by atoms with Gasteiger partial charge in [-0.05, 0) is 18.2 Å². The Hall–Kier alpha value is -2.10. The minimum Gasteiger partial charge on any atom is -0.384 e. The van der Waals surface area contributed by atoms with Crippen molar-refractivity contribution in [3.63, 3.8) is 0 Å². The third-order valence-electron chi connectivity index (χ3n) is 2.56. The molecule has 0 radical (unpaired) electrons. The molecule has 2 aromatic rings. The Labute approximate surface area is 121 Å². The fourth-order valence-corrected chi connectivity index (χ4v) is 2.44. The zero-order chi connectivity index (χ0) is 14.4. The van der Waals surface area contributed by atoms with Gasteiger partial charge in [0.05, 0.1) is 15.4 Å². The van der Waals surface area contributed by atoms with Crippen LogP contribution in [-0.4, -0.2) is 33.9 Å². The van der Waals surface area contributed by atoms with Gasteiger partial charge in [-0.25, -0.2) is 0 Å². The van der Waals surface area contributed by atoms with Crippen molar-refractivity contribution in [3.05, 3.63) is 39.8 Å². The van der Waals surface area contributed by atoms with Crippen LogP contribution in [-0.2, 0) is 13.5 Å². The molecule has 104 valence electrons. The molecule has 20 heavy (non-hydrogen) atoms. The average Bonchev–Trinajstić information content (AvgIpc) is 3.05. The number of carbonyl (C=O) groups is 1. The molecule has 2 rings (SSSR count). The second-order valence-corrected chi connectivity index (χ2v) is 5.19. The van der Waals surface area contributed by atoms with Crippen LogP contribution >= 0.6 is 11.3 Å². The highest BCUT2D eigenvalue weighted by Crippen LogP contribution is 2.15. The summed E-state index contributed by atoms with van der Waals surface area (Å²) in [5.74, 6) is 5.23. The van der Waals surface area contributed by atoms with Crippen LogP contribution in [0.4, 0.5) is 0 Å². The van der Waals surface area contributed by atoms with E-state index in [1.54, 1.807) is 16.8 Å². The van der Waals surface area contributed by atoms with E-state index in [1.807, 2.05) is 19.3 Å². The van der Waals surface area contributed by atoms with Crippen LogP contribution < -0.4 is 5.32 Å². The number of thiophene rings is 1. The van der Waals surface area contributed by atoms with E-state index in [2.05, 4.69) is 22.3 Å². The Balaban J connectivity index is 1.84. The maximum atomic E-state index is 11.9. The number of aromatic nitrogens is 2. The maximum Gasteiger partial charge on any atom is 0.261 e. The maximum absolute atomic E-state index is 11.9. The van der Waals surface area contributed by atoms with E-state index in [9.17, 15) is 4.79 Å². The first kappa shape index (κ1) is 14.3. The van der Waals surface area contributed by atoms with E-state index >= 15 is 0 Å². The fourth-order valence-electron chi connectivity index (χ4n) is 1.64. The van der Waals surface area contributed by atoms with Crippen LogP contribution in [0.1, 0.15) is 20.2 Å². The van der Waals surface area contributed by atoms with Gasteiger partial charge in [-0.1, -0.05) is 11.8 Å². The van der Waals surface area contributed by atoms with Crippen molar-refractivity contribution < 1.29 is 9.90 Å². The first-order chi connectivity index (χ1) is 9.69. The summed E-state index contributed by atoms with van der Waals surface area (Å²) < 4.78 is 1.74. The lowest BCUT2D eigenvalue weighted by molar-refractivity contribution is 0.0958. The molecule has 0 unspecified atom stereocenters. The third-order valence-corrected chi connectivity index (χ3v) is 3.56. The second-order valence-electron chi connectivity index (χ2n) is 4.11. The van der Waals surface area contributed by atoms with Crippen LogP contribution in [0.3, 0.4) is 0 Å². The first-order valence-corrected chi connectivity index (χ1v) is 6.97. The van der Waals surface area contributed by atoms with Crippen LogP contribution in [0, 0.1) is 11.8 Å². The minimum atomic E-state index is -0.177. The standard InChI is InChI=1S/C14H15N3O2S/c1-17-9-7-11(16-17)6-8-15-14(19)13-5-4-12(20-13)3-2-10-18/h4-5,7,9,18H,6,8,10H2,1H3,(H,15,19). The summed E-state index contributed by atoms with van der Waals surface area (Å²) in [6, 6.07) is 5.45. The molecule has 5 nitrogen and oxygen atoms in total. The van der Waals surface area contributed by atoms with Gasteiger partial charge in [0.1, 0.15) is 6.61 Å². The van der Waals surface area contributed by atoms with Gasteiger partial charge >= 0.3 is 0 Å². The summed E-state index contributed by atoms with van der Waals surface area (Å²) in [5, 5.41) is 15.7. The van der Waals surface area contributed by atoms with Crippen molar-refractivity contribution in [1.29, 1.82) is 0 Å². The Bertz CT molecular complexity index is 649. The zero-order valence-electron chi connectivity index (χ0n) is 11.1. The van der Waals surface area contributed by atoms with Crippen molar-refractivity contribution in [1.82, 2.24) is 15.1 Å². The number of aliphatic hydroxyl groups excluding tert-OH is 1. The lowest BCUT2D eigenvalue weighted by Crippen LogP contribution is -2.24. The van der Waals surface area contributed by atoms with Crippen molar-refractivity contribution in [2.75, 3.05) is 13.2 Å². The predicted octanol–water partition coefficient (Wildman–Crippen LogP) is 0.798. The monoisotopic (exact) mass is 289 g/mol. The van der Waals surface area contributed by atoms with Gasteiger partial charge in [-0.15, -0.1) is 11.3 Å². The quantitative estimate of drug-likeness (QED) is 0.818. The third kappa shape index (κ3) is 3.95. The highest BCUT2D eigenvalue weighted by atomic mass is 32.1. The average molecular weight is 289 g/mol. The zero-order valence-corrected chi connectivity index (χ0v) is 11.9. The Morgan fingerprint density at radius 1 is 1.50 bits per heavy atom. The van der Waals surface area contributed by atoms with Crippen molar-refractivity contribution in [2.45, 2.75) is 6.42 Å². The number of hydrogen-bond acceptors (Lipinski definition) is 4. The molecule has 0 fully saturated rings. The molecule has 2 N–H and O–H groups in total.